The molecule has 1 aromatic carbocycles. The highest BCUT2D eigenvalue weighted by Gasteiger charge is 2.08. The van der Waals surface area contributed by atoms with Crippen molar-refractivity contribution < 1.29 is 14.3 Å². The summed E-state index contributed by atoms with van der Waals surface area (Å²) >= 11 is 0. The van der Waals surface area contributed by atoms with E-state index in [1.807, 2.05) is 6.92 Å². The van der Waals surface area contributed by atoms with E-state index in [0.29, 0.717) is 5.56 Å². The molecule has 0 aromatic heterocycles. The van der Waals surface area contributed by atoms with Gasteiger partial charge in [0.1, 0.15) is 5.82 Å². The van der Waals surface area contributed by atoms with Crippen molar-refractivity contribution in [2.75, 3.05) is 0 Å². The van der Waals surface area contributed by atoms with Crippen LogP contribution in [0.25, 0.3) is 0 Å². The molecule has 0 fully saturated rings. The average Bonchev–Trinajstić information content (AvgIpc) is 2.27. The minimum absolute atomic E-state index is 0.0490. The fourth-order valence-electron chi connectivity index (χ4n) is 1.20. The quantitative estimate of drug-likeness (QED) is 0.752. The van der Waals surface area contributed by atoms with Gasteiger partial charge in [-0.2, -0.15) is 0 Å². The van der Waals surface area contributed by atoms with Crippen LogP contribution in [-0.4, -0.2) is 17.1 Å². The van der Waals surface area contributed by atoms with Crippen molar-refractivity contribution in [2.45, 2.75) is 19.5 Å². The average molecular weight is 223 g/mol. The highest BCUT2D eigenvalue weighted by atomic mass is 19.1. The van der Waals surface area contributed by atoms with E-state index in [0.717, 1.165) is 0 Å². The number of hydrogen-bond donors (Lipinski definition) is 2. The molecule has 0 radical (unpaired) electrons. The Hall–Kier alpha value is -1.68. The van der Waals surface area contributed by atoms with Gasteiger partial charge in [-0.05, 0) is 25.1 Å². The number of aromatic carboxylic acids is 1. The zero-order chi connectivity index (χ0) is 12.1. The maximum atomic E-state index is 13.3. The lowest BCUT2D eigenvalue weighted by atomic mass is 10.1. The van der Waals surface area contributed by atoms with Gasteiger partial charge in [0.2, 0.25) is 0 Å². The third-order valence-corrected chi connectivity index (χ3v) is 2.26. The molecule has 2 N–H and O–H groups in total. The number of hydrogen-bond acceptors (Lipinski definition) is 2. The van der Waals surface area contributed by atoms with Crippen molar-refractivity contribution in [3.63, 3.8) is 0 Å². The first-order chi connectivity index (χ1) is 7.54. The number of carbonyl (C=O) groups is 1. The zero-order valence-corrected chi connectivity index (χ0v) is 9.03. The van der Waals surface area contributed by atoms with Crippen LogP contribution < -0.4 is 5.32 Å². The van der Waals surface area contributed by atoms with Crippen molar-refractivity contribution in [3.8, 4) is 0 Å². The molecule has 0 aliphatic carbocycles. The van der Waals surface area contributed by atoms with Gasteiger partial charge in [0, 0.05) is 18.2 Å². The summed E-state index contributed by atoms with van der Waals surface area (Å²) in [6, 6.07) is 3.80. The van der Waals surface area contributed by atoms with Gasteiger partial charge in [0.15, 0.2) is 0 Å². The second kappa shape index (κ2) is 5.42. The minimum atomic E-state index is -1.06. The van der Waals surface area contributed by atoms with Crippen LogP contribution in [0.1, 0.15) is 22.8 Å². The first-order valence-corrected chi connectivity index (χ1v) is 4.92. The Morgan fingerprint density at radius 3 is 2.94 bits per heavy atom. The van der Waals surface area contributed by atoms with Crippen molar-refractivity contribution in [1.29, 1.82) is 0 Å². The van der Waals surface area contributed by atoms with E-state index in [1.165, 1.54) is 18.2 Å². The zero-order valence-electron chi connectivity index (χ0n) is 9.03. The van der Waals surface area contributed by atoms with Crippen molar-refractivity contribution in [1.82, 2.24) is 5.32 Å². The van der Waals surface area contributed by atoms with E-state index in [-0.39, 0.29) is 18.2 Å². The van der Waals surface area contributed by atoms with Gasteiger partial charge < -0.3 is 10.4 Å². The largest absolute Gasteiger partial charge is 0.478 e. The molecule has 86 valence electrons. The van der Waals surface area contributed by atoms with Gasteiger partial charge in [0.05, 0.1) is 5.56 Å². The normalized spacial score (nSPS) is 12.1. The predicted molar refractivity (Wildman–Crippen MR) is 59.9 cm³/mol. The molecule has 0 amide bonds. The number of carboxylic acids is 1. The standard InChI is InChI=1S/C12H14FNO2/c1-3-8(2)14-7-10-6-9(12(15)16)4-5-11(10)13/h3-6,8,14H,1,7H2,2H3,(H,15,16). The molecule has 0 aliphatic heterocycles. The first kappa shape index (κ1) is 12.4. The Morgan fingerprint density at radius 2 is 2.38 bits per heavy atom. The molecular formula is C12H14FNO2. The molecule has 1 unspecified atom stereocenters. The van der Waals surface area contributed by atoms with Crippen molar-refractivity contribution >= 4 is 5.97 Å². The van der Waals surface area contributed by atoms with E-state index in [4.69, 9.17) is 5.11 Å². The Morgan fingerprint density at radius 1 is 1.69 bits per heavy atom. The van der Waals surface area contributed by atoms with Crippen LogP contribution in [0.4, 0.5) is 4.39 Å². The first-order valence-electron chi connectivity index (χ1n) is 4.92. The highest BCUT2D eigenvalue weighted by molar-refractivity contribution is 5.87. The fourth-order valence-corrected chi connectivity index (χ4v) is 1.20. The summed E-state index contributed by atoms with van der Waals surface area (Å²) in [5.41, 5.74) is 0.429. The summed E-state index contributed by atoms with van der Waals surface area (Å²) in [7, 11) is 0. The number of benzene rings is 1. The Bertz CT molecular complexity index is 404. The monoisotopic (exact) mass is 223 g/mol. The molecule has 1 atom stereocenters. The molecule has 3 nitrogen and oxygen atoms in total. The Labute approximate surface area is 93.6 Å². The lowest BCUT2D eigenvalue weighted by Crippen LogP contribution is -2.23. The van der Waals surface area contributed by atoms with Crippen LogP contribution in [-0.2, 0) is 6.54 Å². The van der Waals surface area contributed by atoms with E-state index in [2.05, 4.69) is 11.9 Å². The number of rotatable bonds is 5. The topological polar surface area (TPSA) is 49.3 Å². The molecule has 0 saturated heterocycles. The molecule has 0 aliphatic rings. The van der Waals surface area contributed by atoms with Crippen molar-refractivity contribution in [3.05, 3.63) is 47.8 Å². The van der Waals surface area contributed by atoms with Gasteiger partial charge in [0.25, 0.3) is 0 Å². The Balaban J connectivity index is 2.82. The van der Waals surface area contributed by atoms with E-state index >= 15 is 0 Å². The lowest BCUT2D eigenvalue weighted by molar-refractivity contribution is 0.0696. The maximum Gasteiger partial charge on any atom is 0.335 e. The number of halogens is 1. The van der Waals surface area contributed by atoms with Crippen LogP contribution in [0.2, 0.25) is 0 Å². The molecule has 16 heavy (non-hydrogen) atoms. The van der Waals surface area contributed by atoms with Crippen LogP contribution in [0, 0.1) is 5.82 Å². The van der Waals surface area contributed by atoms with Gasteiger partial charge in [-0.15, -0.1) is 6.58 Å². The van der Waals surface area contributed by atoms with Crippen LogP contribution in [0.3, 0.4) is 0 Å². The molecule has 0 bridgehead atoms. The second-order valence-electron chi connectivity index (χ2n) is 3.52. The summed E-state index contributed by atoms with van der Waals surface area (Å²) in [5.74, 6) is -1.47. The Kier molecular flexibility index (Phi) is 4.19. The molecule has 0 heterocycles. The summed E-state index contributed by atoms with van der Waals surface area (Å²) < 4.78 is 13.3. The number of carboxylic acid groups (broad SMARTS) is 1. The van der Waals surface area contributed by atoms with Gasteiger partial charge in [-0.1, -0.05) is 6.08 Å². The van der Waals surface area contributed by atoms with Gasteiger partial charge >= 0.3 is 5.97 Å². The van der Waals surface area contributed by atoms with E-state index in [1.54, 1.807) is 6.08 Å². The molecule has 0 saturated carbocycles. The lowest BCUT2D eigenvalue weighted by Gasteiger charge is -2.10. The van der Waals surface area contributed by atoms with Crippen LogP contribution >= 0.6 is 0 Å². The third kappa shape index (κ3) is 3.17. The highest BCUT2D eigenvalue weighted by Crippen LogP contribution is 2.10. The fraction of sp³-hybridized carbons (Fsp3) is 0.250. The molecular weight excluding hydrogens is 209 g/mol. The molecule has 1 aromatic rings. The van der Waals surface area contributed by atoms with Crippen LogP contribution in [0.5, 0.6) is 0 Å². The van der Waals surface area contributed by atoms with Gasteiger partial charge in [-0.3, -0.25) is 0 Å². The summed E-state index contributed by atoms with van der Waals surface area (Å²) in [5, 5.41) is 11.8. The van der Waals surface area contributed by atoms with E-state index < -0.39 is 11.8 Å². The van der Waals surface area contributed by atoms with Gasteiger partial charge in [-0.25, -0.2) is 9.18 Å². The van der Waals surface area contributed by atoms with Crippen molar-refractivity contribution in [2.24, 2.45) is 0 Å². The molecule has 0 spiro atoms. The summed E-state index contributed by atoms with van der Waals surface area (Å²) in [6.45, 7) is 5.75. The van der Waals surface area contributed by atoms with Crippen LogP contribution in [0.15, 0.2) is 30.9 Å². The summed E-state index contributed by atoms with van der Waals surface area (Å²) in [4.78, 5) is 10.7. The molecule has 1 rings (SSSR count). The summed E-state index contributed by atoms with van der Waals surface area (Å²) in [6.07, 6.45) is 1.69. The third-order valence-electron chi connectivity index (χ3n) is 2.26. The predicted octanol–water partition coefficient (Wildman–Crippen LogP) is 2.19. The number of nitrogens with one attached hydrogen (secondary N) is 1. The smallest absolute Gasteiger partial charge is 0.335 e. The SMILES string of the molecule is C=CC(C)NCc1cc(C(=O)O)ccc1F. The molecule has 4 heteroatoms. The van der Waals surface area contributed by atoms with E-state index in [9.17, 15) is 9.18 Å². The second-order valence-corrected chi connectivity index (χ2v) is 3.52. The minimum Gasteiger partial charge on any atom is -0.478 e. The maximum absolute atomic E-state index is 13.3.